The molecule has 5 heteroatoms. The van der Waals surface area contributed by atoms with Gasteiger partial charge in [0, 0.05) is 6.20 Å². The highest BCUT2D eigenvalue weighted by Crippen LogP contribution is 2.22. The minimum Gasteiger partial charge on any atom is -0.490 e. The molecule has 118 valence electrons. The standard InChI is InChI=1S/C18H18N2O3/c1-13-16(18(21)22)20-11-5-10-15(17(20)19-13)23-12-6-9-14-7-3-2-4-8-14/h2-5,7-8,10-11H,6,9,12H2,1H3,(H,21,22). The molecule has 0 amide bonds. The fourth-order valence-electron chi connectivity index (χ4n) is 2.63. The maximum atomic E-state index is 11.3. The van der Waals surface area contributed by atoms with Crippen LogP contribution in [0.15, 0.2) is 48.7 Å². The smallest absolute Gasteiger partial charge is 0.354 e. The van der Waals surface area contributed by atoms with E-state index in [4.69, 9.17) is 4.74 Å². The first-order chi connectivity index (χ1) is 11.2. The lowest BCUT2D eigenvalue weighted by Crippen LogP contribution is -2.04. The molecule has 0 spiro atoms. The van der Waals surface area contributed by atoms with Gasteiger partial charge in [0.25, 0.3) is 0 Å². The minimum atomic E-state index is -0.990. The van der Waals surface area contributed by atoms with Crippen LogP contribution in [0.5, 0.6) is 5.75 Å². The molecule has 5 nitrogen and oxygen atoms in total. The molecule has 0 radical (unpaired) electrons. The lowest BCUT2D eigenvalue weighted by Gasteiger charge is -2.07. The summed E-state index contributed by atoms with van der Waals surface area (Å²) in [5.74, 6) is -0.382. The molecule has 2 aromatic heterocycles. The molecule has 3 aromatic rings. The van der Waals surface area contributed by atoms with E-state index in [0.717, 1.165) is 12.8 Å². The first kappa shape index (κ1) is 15.1. The molecule has 23 heavy (non-hydrogen) atoms. The third-order valence-corrected chi connectivity index (χ3v) is 3.70. The first-order valence-corrected chi connectivity index (χ1v) is 7.54. The highest BCUT2D eigenvalue weighted by molar-refractivity contribution is 5.88. The monoisotopic (exact) mass is 310 g/mol. The fourth-order valence-corrected chi connectivity index (χ4v) is 2.63. The van der Waals surface area contributed by atoms with E-state index in [9.17, 15) is 9.90 Å². The third-order valence-electron chi connectivity index (χ3n) is 3.70. The number of benzene rings is 1. The Morgan fingerprint density at radius 2 is 2.00 bits per heavy atom. The Labute approximate surface area is 134 Å². The van der Waals surface area contributed by atoms with Gasteiger partial charge in [0.15, 0.2) is 17.1 Å². The maximum Gasteiger partial charge on any atom is 0.354 e. The summed E-state index contributed by atoms with van der Waals surface area (Å²) in [6.45, 7) is 2.25. The van der Waals surface area contributed by atoms with E-state index in [0.29, 0.717) is 23.7 Å². The molecule has 0 aliphatic carbocycles. The SMILES string of the molecule is Cc1nc2c(OCCCc3ccccc3)cccn2c1C(=O)O. The molecule has 0 bridgehead atoms. The average molecular weight is 310 g/mol. The van der Waals surface area contributed by atoms with Crippen molar-refractivity contribution in [3.8, 4) is 5.75 Å². The number of pyridine rings is 1. The largest absolute Gasteiger partial charge is 0.490 e. The molecule has 0 aliphatic rings. The van der Waals surface area contributed by atoms with Crippen LogP contribution in [-0.2, 0) is 6.42 Å². The zero-order chi connectivity index (χ0) is 16.2. The van der Waals surface area contributed by atoms with Crippen LogP contribution in [0.25, 0.3) is 5.65 Å². The van der Waals surface area contributed by atoms with Crippen molar-refractivity contribution < 1.29 is 14.6 Å². The number of imidazole rings is 1. The maximum absolute atomic E-state index is 11.3. The molecule has 0 saturated carbocycles. The molecule has 1 aromatic carbocycles. The second-order valence-electron chi connectivity index (χ2n) is 5.35. The highest BCUT2D eigenvalue weighted by Gasteiger charge is 2.17. The number of aryl methyl sites for hydroxylation is 2. The van der Waals surface area contributed by atoms with Crippen molar-refractivity contribution in [2.24, 2.45) is 0 Å². The Morgan fingerprint density at radius 3 is 2.74 bits per heavy atom. The van der Waals surface area contributed by atoms with Gasteiger partial charge in [0.1, 0.15) is 0 Å². The number of aromatic carboxylic acids is 1. The van der Waals surface area contributed by atoms with E-state index in [1.807, 2.05) is 24.3 Å². The average Bonchev–Trinajstić information content (AvgIpc) is 2.89. The minimum absolute atomic E-state index is 0.176. The van der Waals surface area contributed by atoms with Crippen molar-refractivity contribution in [1.82, 2.24) is 9.38 Å². The van der Waals surface area contributed by atoms with Crippen LogP contribution in [0.2, 0.25) is 0 Å². The van der Waals surface area contributed by atoms with Crippen LogP contribution in [0.4, 0.5) is 0 Å². The van der Waals surface area contributed by atoms with Gasteiger partial charge in [0.2, 0.25) is 0 Å². The van der Waals surface area contributed by atoms with Crippen LogP contribution in [0.1, 0.15) is 28.2 Å². The van der Waals surface area contributed by atoms with Gasteiger partial charge in [0.05, 0.1) is 12.3 Å². The summed E-state index contributed by atoms with van der Waals surface area (Å²) in [7, 11) is 0. The van der Waals surface area contributed by atoms with Crippen LogP contribution >= 0.6 is 0 Å². The number of aromatic nitrogens is 2. The number of carboxylic acid groups (broad SMARTS) is 1. The summed E-state index contributed by atoms with van der Waals surface area (Å²) in [4.78, 5) is 15.7. The van der Waals surface area contributed by atoms with Crippen molar-refractivity contribution in [3.05, 3.63) is 65.6 Å². The van der Waals surface area contributed by atoms with E-state index in [2.05, 4.69) is 17.1 Å². The summed E-state index contributed by atoms with van der Waals surface area (Å²) in [5, 5.41) is 9.28. The number of hydrogen-bond donors (Lipinski definition) is 1. The predicted molar refractivity (Wildman–Crippen MR) is 87.1 cm³/mol. The Kier molecular flexibility index (Phi) is 4.28. The highest BCUT2D eigenvalue weighted by atomic mass is 16.5. The second-order valence-corrected chi connectivity index (χ2v) is 5.35. The number of carboxylic acids is 1. The Hall–Kier alpha value is -2.82. The van der Waals surface area contributed by atoms with Gasteiger partial charge in [-0.1, -0.05) is 30.3 Å². The van der Waals surface area contributed by atoms with Crippen molar-refractivity contribution in [3.63, 3.8) is 0 Å². The van der Waals surface area contributed by atoms with E-state index >= 15 is 0 Å². The van der Waals surface area contributed by atoms with Gasteiger partial charge in [-0.05, 0) is 37.5 Å². The Morgan fingerprint density at radius 1 is 1.22 bits per heavy atom. The van der Waals surface area contributed by atoms with Crippen LogP contribution < -0.4 is 4.74 Å². The van der Waals surface area contributed by atoms with Crippen LogP contribution in [0.3, 0.4) is 0 Å². The summed E-state index contributed by atoms with van der Waals surface area (Å²) >= 11 is 0. The molecule has 0 fully saturated rings. The summed E-state index contributed by atoms with van der Waals surface area (Å²) < 4.78 is 7.37. The summed E-state index contributed by atoms with van der Waals surface area (Å²) in [5.41, 5.74) is 2.48. The van der Waals surface area contributed by atoms with E-state index in [1.54, 1.807) is 23.6 Å². The normalized spacial score (nSPS) is 10.8. The predicted octanol–water partition coefficient (Wildman–Crippen LogP) is 3.35. The zero-order valence-corrected chi connectivity index (χ0v) is 12.9. The summed E-state index contributed by atoms with van der Waals surface area (Å²) in [6.07, 6.45) is 3.52. The fraction of sp³-hybridized carbons (Fsp3) is 0.222. The second kappa shape index (κ2) is 6.52. The van der Waals surface area contributed by atoms with Crippen molar-refractivity contribution in [2.75, 3.05) is 6.61 Å². The van der Waals surface area contributed by atoms with Crippen molar-refractivity contribution in [1.29, 1.82) is 0 Å². The number of carbonyl (C=O) groups is 1. The lowest BCUT2D eigenvalue weighted by atomic mass is 10.1. The first-order valence-electron chi connectivity index (χ1n) is 7.54. The van der Waals surface area contributed by atoms with E-state index in [1.165, 1.54) is 5.56 Å². The molecule has 0 unspecified atom stereocenters. The molecule has 2 heterocycles. The van der Waals surface area contributed by atoms with Crippen LogP contribution in [-0.4, -0.2) is 27.1 Å². The molecule has 3 rings (SSSR count). The molecule has 1 N–H and O–H groups in total. The molecular weight excluding hydrogens is 292 g/mol. The Balaban J connectivity index is 1.71. The third kappa shape index (κ3) is 3.18. The van der Waals surface area contributed by atoms with Gasteiger partial charge in [-0.15, -0.1) is 0 Å². The number of ether oxygens (including phenoxy) is 1. The molecule has 0 saturated heterocycles. The van der Waals surface area contributed by atoms with Gasteiger partial charge in [-0.3, -0.25) is 4.40 Å². The number of fused-ring (bicyclic) bond motifs is 1. The van der Waals surface area contributed by atoms with Crippen molar-refractivity contribution in [2.45, 2.75) is 19.8 Å². The van der Waals surface area contributed by atoms with Gasteiger partial charge >= 0.3 is 5.97 Å². The Bertz CT molecular complexity index is 825. The van der Waals surface area contributed by atoms with Gasteiger partial charge in [-0.25, -0.2) is 9.78 Å². The van der Waals surface area contributed by atoms with Crippen molar-refractivity contribution >= 4 is 11.6 Å². The molecule has 0 aliphatic heterocycles. The summed E-state index contributed by atoms with van der Waals surface area (Å²) in [6, 6.07) is 13.8. The van der Waals surface area contributed by atoms with E-state index < -0.39 is 5.97 Å². The zero-order valence-electron chi connectivity index (χ0n) is 12.9. The molecule has 0 atom stereocenters. The van der Waals surface area contributed by atoms with Gasteiger partial charge < -0.3 is 9.84 Å². The topological polar surface area (TPSA) is 63.8 Å². The molecular formula is C18H18N2O3. The van der Waals surface area contributed by atoms with E-state index in [-0.39, 0.29) is 5.69 Å². The number of rotatable bonds is 6. The quantitative estimate of drug-likeness (QED) is 0.709. The number of hydrogen-bond acceptors (Lipinski definition) is 3. The van der Waals surface area contributed by atoms with Gasteiger partial charge in [-0.2, -0.15) is 0 Å². The van der Waals surface area contributed by atoms with Crippen LogP contribution in [0, 0.1) is 6.92 Å². The lowest BCUT2D eigenvalue weighted by molar-refractivity contribution is 0.0688. The number of nitrogens with zero attached hydrogens (tertiary/aromatic N) is 2.